The van der Waals surface area contributed by atoms with Crippen LogP contribution in [0.3, 0.4) is 0 Å². The molecule has 0 saturated carbocycles. The van der Waals surface area contributed by atoms with E-state index in [0.717, 1.165) is 25.5 Å². The fraction of sp³-hybridized carbons (Fsp3) is 0.538. The highest BCUT2D eigenvalue weighted by Gasteiger charge is 2.42. The van der Waals surface area contributed by atoms with E-state index in [9.17, 15) is 12.8 Å². The number of piperidine rings is 1. The number of nitrogens with one attached hydrogen (secondary N) is 1. The molecule has 2 saturated heterocycles. The molecular formula is C13H16ClFN2O2S. The third kappa shape index (κ3) is 2.35. The van der Waals surface area contributed by atoms with Crippen LogP contribution in [0.1, 0.15) is 12.8 Å². The minimum absolute atomic E-state index is 0.0659. The molecule has 1 aromatic carbocycles. The van der Waals surface area contributed by atoms with E-state index < -0.39 is 15.8 Å². The molecule has 0 bridgehead atoms. The molecule has 2 atom stereocenters. The lowest BCUT2D eigenvalue weighted by molar-refractivity contribution is 0.217. The van der Waals surface area contributed by atoms with E-state index in [0.29, 0.717) is 19.0 Å². The zero-order valence-electron chi connectivity index (χ0n) is 10.9. The third-order valence-electron chi connectivity index (χ3n) is 4.11. The first-order valence-electron chi connectivity index (χ1n) is 6.68. The van der Waals surface area contributed by atoms with Gasteiger partial charge in [-0.3, -0.25) is 0 Å². The van der Waals surface area contributed by atoms with E-state index >= 15 is 0 Å². The smallest absolute Gasteiger partial charge is 0.246 e. The number of rotatable bonds is 2. The summed E-state index contributed by atoms with van der Waals surface area (Å²) in [4.78, 5) is -0.283. The van der Waals surface area contributed by atoms with E-state index in [2.05, 4.69) is 5.32 Å². The van der Waals surface area contributed by atoms with Gasteiger partial charge in [0, 0.05) is 24.2 Å². The second kappa shape index (κ2) is 5.26. The van der Waals surface area contributed by atoms with Crippen molar-refractivity contribution in [3.63, 3.8) is 0 Å². The van der Waals surface area contributed by atoms with Gasteiger partial charge in [-0.15, -0.1) is 0 Å². The summed E-state index contributed by atoms with van der Waals surface area (Å²) >= 11 is 5.68. The van der Waals surface area contributed by atoms with Crippen LogP contribution in [0.5, 0.6) is 0 Å². The summed E-state index contributed by atoms with van der Waals surface area (Å²) in [5, 5.41) is 3.42. The van der Waals surface area contributed by atoms with Gasteiger partial charge in [-0.1, -0.05) is 11.6 Å². The van der Waals surface area contributed by atoms with Gasteiger partial charge in [0.1, 0.15) is 10.7 Å². The van der Waals surface area contributed by atoms with Gasteiger partial charge >= 0.3 is 0 Å². The quantitative estimate of drug-likeness (QED) is 0.905. The highest BCUT2D eigenvalue weighted by molar-refractivity contribution is 7.89. The summed E-state index contributed by atoms with van der Waals surface area (Å²) in [6.45, 7) is 1.92. The minimum atomic E-state index is -3.80. The van der Waals surface area contributed by atoms with Crippen LogP contribution in [0.25, 0.3) is 0 Å². The van der Waals surface area contributed by atoms with Crippen LogP contribution in [-0.2, 0) is 10.0 Å². The van der Waals surface area contributed by atoms with E-state index in [1.807, 2.05) is 0 Å². The topological polar surface area (TPSA) is 49.4 Å². The molecule has 0 radical (unpaired) electrons. The summed E-state index contributed by atoms with van der Waals surface area (Å²) in [6, 6.07) is 3.64. The van der Waals surface area contributed by atoms with Crippen molar-refractivity contribution in [2.24, 2.45) is 5.92 Å². The average molecular weight is 319 g/mol. The van der Waals surface area contributed by atoms with Gasteiger partial charge in [0.15, 0.2) is 0 Å². The van der Waals surface area contributed by atoms with Gasteiger partial charge in [-0.05, 0) is 43.5 Å². The molecule has 2 aliphatic rings. The predicted octanol–water partition coefficient (Wildman–Crippen LogP) is 1.85. The van der Waals surface area contributed by atoms with Crippen molar-refractivity contribution in [3.8, 4) is 0 Å². The number of benzene rings is 1. The molecular weight excluding hydrogens is 303 g/mol. The van der Waals surface area contributed by atoms with Crippen LogP contribution in [-0.4, -0.2) is 38.4 Å². The molecule has 0 aromatic heterocycles. The SMILES string of the molecule is O=S(=O)(c1ccc(Cl)cc1F)N1CCCC2CNCC21. The Morgan fingerprint density at radius 3 is 2.90 bits per heavy atom. The second-order valence-corrected chi connectivity index (χ2v) is 7.61. The first-order valence-corrected chi connectivity index (χ1v) is 8.49. The maximum absolute atomic E-state index is 13.9. The molecule has 0 amide bonds. The summed E-state index contributed by atoms with van der Waals surface area (Å²) in [7, 11) is -3.80. The Morgan fingerprint density at radius 2 is 2.15 bits per heavy atom. The van der Waals surface area contributed by atoms with Crippen LogP contribution < -0.4 is 5.32 Å². The summed E-state index contributed by atoms with van der Waals surface area (Å²) in [5.74, 6) is -0.459. The van der Waals surface area contributed by atoms with Gasteiger partial charge in [-0.25, -0.2) is 12.8 Å². The Hall–Kier alpha value is -0.690. The summed E-state index contributed by atoms with van der Waals surface area (Å²) in [6.07, 6.45) is 1.84. The molecule has 0 spiro atoms. The number of nitrogens with zero attached hydrogens (tertiary/aromatic N) is 1. The van der Waals surface area contributed by atoms with Gasteiger partial charge in [-0.2, -0.15) is 4.31 Å². The summed E-state index contributed by atoms with van der Waals surface area (Å²) in [5.41, 5.74) is 0. The van der Waals surface area contributed by atoms with Crippen molar-refractivity contribution in [3.05, 3.63) is 29.0 Å². The Balaban J connectivity index is 1.98. The number of hydrogen-bond acceptors (Lipinski definition) is 3. The average Bonchev–Trinajstić information content (AvgIpc) is 2.85. The van der Waals surface area contributed by atoms with Crippen molar-refractivity contribution in [1.29, 1.82) is 0 Å². The lowest BCUT2D eigenvalue weighted by Gasteiger charge is -2.35. The number of sulfonamides is 1. The zero-order valence-corrected chi connectivity index (χ0v) is 12.4. The first-order chi connectivity index (χ1) is 9.50. The normalized spacial score (nSPS) is 27.5. The Bertz CT molecular complexity index is 623. The second-order valence-electron chi connectivity index (χ2n) is 5.32. The third-order valence-corrected chi connectivity index (χ3v) is 6.30. The van der Waals surface area contributed by atoms with Gasteiger partial charge in [0.05, 0.1) is 0 Å². The van der Waals surface area contributed by atoms with E-state index in [-0.39, 0.29) is 16.0 Å². The molecule has 2 fully saturated rings. The van der Waals surface area contributed by atoms with Crippen molar-refractivity contribution >= 4 is 21.6 Å². The molecule has 2 unspecified atom stereocenters. The van der Waals surface area contributed by atoms with E-state index in [1.165, 1.54) is 16.4 Å². The van der Waals surface area contributed by atoms with Crippen molar-refractivity contribution in [1.82, 2.24) is 9.62 Å². The van der Waals surface area contributed by atoms with E-state index in [4.69, 9.17) is 11.6 Å². The van der Waals surface area contributed by atoms with Crippen LogP contribution in [0.15, 0.2) is 23.1 Å². The lowest BCUT2D eigenvalue weighted by atomic mass is 9.94. The molecule has 110 valence electrons. The molecule has 2 aliphatic heterocycles. The Morgan fingerprint density at radius 1 is 1.35 bits per heavy atom. The minimum Gasteiger partial charge on any atom is -0.315 e. The van der Waals surface area contributed by atoms with Crippen LogP contribution >= 0.6 is 11.6 Å². The molecule has 4 nitrogen and oxygen atoms in total. The highest BCUT2D eigenvalue weighted by Crippen LogP contribution is 2.32. The maximum atomic E-state index is 13.9. The Labute approximate surface area is 123 Å². The molecule has 1 N–H and O–H groups in total. The van der Waals surface area contributed by atoms with E-state index in [1.54, 1.807) is 0 Å². The number of fused-ring (bicyclic) bond motifs is 1. The molecule has 3 rings (SSSR count). The molecule has 1 aromatic rings. The molecule has 2 heterocycles. The number of halogens is 2. The van der Waals surface area contributed by atoms with Crippen molar-refractivity contribution in [2.45, 2.75) is 23.8 Å². The van der Waals surface area contributed by atoms with Gasteiger partial charge in [0.2, 0.25) is 10.0 Å². The van der Waals surface area contributed by atoms with Crippen molar-refractivity contribution in [2.75, 3.05) is 19.6 Å². The molecule has 0 aliphatic carbocycles. The van der Waals surface area contributed by atoms with Crippen LogP contribution in [0.4, 0.5) is 4.39 Å². The monoisotopic (exact) mass is 318 g/mol. The summed E-state index contributed by atoms with van der Waals surface area (Å²) < 4.78 is 40.7. The van der Waals surface area contributed by atoms with Gasteiger partial charge < -0.3 is 5.32 Å². The Kier molecular flexibility index (Phi) is 3.75. The standard InChI is InChI=1S/C13H16ClFN2O2S/c14-10-3-4-13(11(15)6-10)20(18,19)17-5-1-2-9-7-16-8-12(9)17/h3-4,6,9,12,16H,1-2,5,7-8H2. The van der Waals surface area contributed by atoms with Crippen LogP contribution in [0, 0.1) is 11.7 Å². The number of hydrogen-bond donors (Lipinski definition) is 1. The maximum Gasteiger partial charge on any atom is 0.246 e. The molecule has 7 heteroatoms. The lowest BCUT2D eigenvalue weighted by Crippen LogP contribution is -2.48. The zero-order chi connectivity index (χ0) is 14.3. The van der Waals surface area contributed by atoms with Crippen molar-refractivity contribution < 1.29 is 12.8 Å². The predicted molar refractivity (Wildman–Crippen MR) is 74.7 cm³/mol. The highest BCUT2D eigenvalue weighted by atomic mass is 35.5. The largest absolute Gasteiger partial charge is 0.315 e. The fourth-order valence-electron chi connectivity index (χ4n) is 3.14. The van der Waals surface area contributed by atoms with Gasteiger partial charge in [0.25, 0.3) is 0 Å². The molecule has 20 heavy (non-hydrogen) atoms. The van der Waals surface area contributed by atoms with Crippen LogP contribution in [0.2, 0.25) is 5.02 Å². The fourth-order valence-corrected chi connectivity index (χ4v) is 5.06. The first kappa shape index (κ1) is 14.3.